The van der Waals surface area contributed by atoms with Crippen LogP contribution in [0.25, 0.3) is 0 Å². The lowest BCUT2D eigenvalue weighted by molar-refractivity contribution is 0.0926. The Kier molecular flexibility index (Phi) is 7.69. The van der Waals surface area contributed by atoms with Crippen molar-refractivity contribution in [2.75, 3.05) is 39.8 Å². The molecular formula is C23H31N3O4S. The summed E-state index contributed by atoms with van der Waals surface area (Å²) in [5.41, 5.74) is 2.21. The second-order valence-electron chi connectivity index (χ2n) is 8.11. The molecule has 1 saturated heterocycles. The molecule has 3 rings (SSSR count). The number of rotatable bonds is 8. The van der Waals surface area contributed by atoms with Crippen molar-refractivity contribution in [3.63, 3.8) is 0 Å². The second kappa shape index (κ2) is 10.3. The van der Waals surface area contributed by atoms with Gasteiger partial charge in [0, 0.05) is 31.7 Å². The number of nitrogens with zero attached hydrogens (tertiary/aromatic N) is 2. The van der Waals surface area contributed by atoms with Gasteiger partial charge in [0.1, 0.15) is 12.4 Å². The summed E-state index contributed by atoms with van der Waals surface area (Å²) in [7, 11) is -1.37. The minimum atomic E-state index is -3.36. The molecule has 7 nitrogen and oxygen atoms in total. The van der Waals surface area contributed by atoms with Gasteiger partial charge in [-0.15, -0.1) is 0 Å². The molecule has 0 bridgehead atoms. The number of likely N-dealkylation sites (N-methyl/N-ethyl adjacent to an activating group) is 1. The molecule has 0 spiro atoms. The molecule has 1 aliphatic rings. The van der Waals surface area contributed by atoms with Crippen molar-refractivity contribution < 1.29 is 17.9 Å². The average molecular weight is 446 g/mol. The van der Waals surface area contributed by atoms with Crippen LogP contribution in [0.3, 0.4) is 0 Å². The molecule has 0 saturated carbocycles. The van der Waals surface area contributed by atoms with Crippen LogP contribution in [0.15, 0.2) is 48.5 Å². The predicted molar refractivity (Wildman–Crippen MR) is 122 cm³/mol. The van der Waals surface area contributed by atoms with E-state index in [2.05, 4.69) is 10.2 Å². The standard InChI is InChI=1S/C23H31N3O4S/c1-18-6-4-5-7-22(18)30-16-19(2)24-23(27)21-10-8-20(9-11-21)17-31(28,29)26-14-12-25(3)13-15-26/h4-11,19H,12-17H2,1-3H3,(H,24,27)/t19-/m1/s1. The monoisotopic (exact) mass is 445 g/mol. The number of amides is 1. The molecule has 0 unspecified atom stereocenters. The van der Waals surface area contributed by atoms with Crippen LogP contribution in [0.5, 0.6) is 5.75 Å². The SMILES string of the molecule is Cc1ccccc1OC[C@@H](C)NC(=O)c1ccc(CS(=O)(=O)N2CCN(C)CC2)cc1. The smallest absolute Gasteiger partial charge is 0.251 e. The number of benzene rings is 2. The Balaban J connectivity index is 1.52. The van der Waals surface area contributed by atoms with Crippen molar-refractivity contribution >= 4 is 15.9 Å². The van der Waals surface area contributed by atoms with Crippen molar-refractivity contribution in [2.24, 2.45) is 0 Å². The van der Waals surface area contributed by atoms with E-state index in [-0.39, 0.29) is 17.7 Å². The van der Waals surface area contributed by atoms with Gasteiger partial charge in [-0.2, -0.15) is 4.31 Å². The van der Waals surface area contributed by atoms with Crippen LogP contribution >= 0.6 is 0 Å². The molecule has 8 heteroatoms. The third kappa shape index (κ3) is 6.53. The lowest BCUT2D eigenvalue weighted by Crippen LogP contribution is -2.47. The van der Waals surface area contributed by atoms with Crippen LogP contribution in [-0.4, -0.2) is 69.4 Å². The molecule has 0 radical (unpaired) electrons. The predicted octanol–water partition coefficient (Wildman–Crippen LogP) is 2.27. The molecule has 0 aromatic heterocycles. The van der Waals surface area contributed by atoms with E-state index < -0.39 is 10.0 Å². The second-order valence-corrected chi connectivity index (χ2v) is 10.1. The van der Waals surface area contributed by atoms with E-state index in [1.54, 1.807) is 28.6 Å². The van der Waals surface area contributed by atoms with E-state index in [0.29, 0.717) is 30.8 Å². The van der Waals surface area contributed by atoms with Gasteiger partial charge in [-0.3, -0.25) is 4.79 Å². The maximum absolute atomic E-state index is 12.7. The van der Waals surface area contributed by atoms with E-state index in [0.717, 1.165) is 24.4 Å². The molecule has 2 aromatic rings. The molecule has 1 fully saturated rings. The Labute approximate surface area is 185 Å². The molecule has 1 N–H and O–H groups in total. The fourth-order valence-electron chi connectivity index (χ4n) is 3.40. The van der Waals surface area contributed by atoms with Crippen molar-refractivity contribution in [1.29, 1.82) is 0 Å². The van der Waals surface area contributed by atoms with Crippen LogP contribution in [0.1, 0.15) is 28.4 Å². The number of nitrogens with one attached hydrogen (secondary N) is 1. The first kappa shape index (κ1) is 23.2. The molecule has 1 amide bonds. The van der Waals surface area contributed by atoms with Gasteiger partial charge in [0.05, 0.1) is 11.8 Å². The van der Waals surface area contributed by atoms with E-state index in [9.17, 15) is 13.2 Å². The Hall–Kier alpha value is -2.42. The number of carbonyl (C=O) groups excluding carboxylic acids is 1. The lowest BCUT2D eigenvalue weighted by atomic mass is 10.1. The third-order valence-electron chi connectivity index (χ3n) is 5.38. The highest BCUT2D eigenvalue weighted by atomic mass is 32.2. The topological polar surface area (TPSA) is 78.9 Å². The van der Waals surface area contributed by atoms with Crippen molar-refractivity contribution in [2.45, 2.75) is 25.6 Å². The zero-order valence-electron chi connectivity index (χ0n) is 18.4. The number of sulfonamides is 1. The van der Waals surface area contributed by atoms with Crippen molar-refractivity contribution in [1.82, 2.24) is 14.5 Å². The first-order valence-electron chi connectivity index (χ1n) is 10.5. The number of aryl methyl sites for hydroxylation is 1. The van der Waals surface area contributed by atoms with E-state index in [4.69, 9.17) is 4.74 Å². The van der Waals surface area contributed by atoms with E-state index >= 15 is 0 Å². The van der Waals surface area contributed by atoms with Gasteiger partial charge in [-0.25, -0.2) is 8.42 Å². The van der Waals surface area contributed by atoms with Crippen molar-refractivity contribution in [3.8, 4) is 5.75 Å². The summed E-state index contributed by atoms with van der Waals surface area (Å²) in [6.07, 6.45) is 0. The van der Waals surface area contributed by atoms with Gasteiger partial charge in [0.2, 0.25) is 10.0 Å². The minimum absolute atomic E-state index is 0.0563. The van der Waals surface area contributed by atoms with Gasteiger partial charge in [-0.1, -0.05) is 30.3 Å². The van der Waals surface area contributed by atoms with E-state index in [1.165, 1.54) is 0 Å². The minimum Gasteiger partial charge on any atom is -0.491 e. The Morgan fingerprint density at radius 1 is 1.06 bits per heavy atom. The molecule has 1 heterocycles. The Bertz CT molecular complexity index is 984. The van der Waals surface area contributed by atoms with Gasteiger partial charge >= 0.3 is 0 Å². The highest BCUT2D eigenvalue weighted by Gasteiger charge is 2.25. The van der Waals surface area contributed by atoms with Crippen LogP contribution in [-0.2, 0) is 15.8 Å². The van der Waals surface area contributed by atoms with Gasteiger partial charge < -0.3 is 15.0 Å². The third-order valence-corrected chi connectivity index (χ3v) is 7.23. The normalized spacial score (nSPS) is 16.6. The largest absolute Gasteiger partial charge is 0.491 e. The number of para-hydroxylation sites is 1. The zero-order valence-corrected chi connectivity index (χ0v) is 19.2. The fraction of sp³-hybridized carbons (Fsp3) is 0.435. The van der Waals surface area contributed by atoms with E-state index in [1.807, 2.05) is 45.2 Å². The molecule has 1 atom stereocenters. The highest BCUT2D eigenvalue weighted by molar-refractivity contribution is 7.88. The average Bonchev–Trinajstić information content (AvgIpc) is 2.73. The summed E-state index contributed by atoms with van der Waals surface area (Å²) in [6, 6.07) is 14.3. The summed E-state index contributed by atoms with van der Waals surface area (Å²) in [5, 5.41) is 2.91. The van der Waals surface area contributed by atoms with Gasteiger partial charge in [0.25, 0.3) is 5.91 Å². The van der Waals surface area contributed by atoms with Crippen molar-refractivity contribution in [3.05, 3.63) is 65.2 Å². The summed E-state index contributed by atoms with van der Waals surface area (Å²) < 4.78 is 32.6. The quantitative estimate of drug-likeness (QED) is 0.674. The first-order chi connectivity index (χ1) is 14.7. The number of hydrogen-bond donors (Lipinski definition) is 1. The number of piperazine rings is 1. The van der Waals surface area contributed by atoms with Gasteiger partial charge in [0.15, 0.2) is 0 Å². The van der Waals surface area contributed by atoms with Crippen LogP contribution < -0.4 is 10.1 Å². The number of ether oxygens (including phenoxy) is 1. The molecule has 1 aliphatic heterocycles. The molecule has 2 aromatic carbocycles. The molecule has 31 heavy (non-hydrogen) atoms. The maximum atomic E-state index is 12.7. The summed E-state index contributed by atoms with van der Waals surface area (Å²) in [4.78, 5) is 14.6. The lowest BCUT2D eigenvalue weighted by Gasteiger charge is -2.31. The summed E-state index contributed by atoms with van der Waals surface area (Å²) >= 11 is 0. The first-order valence-corrected chi connectivity index (χ1v) is 12.1. The summed E-state index contributed by atoms with van der Waals surface area (Å²) in [6.45, 7) is 6.73. The molecule has 168 valence electrons. The van der Waals surface area contributed by atoms with Gasteiger partial charge in [-0.05, 0) is 50.2 Å². The van der Waals surface area contributed by atoms with Crippen LogP contribution in [0, 0.1) is 6.92 Å². The zero-order chi connectivity index (χ0) is 22.4. The molecular weight excluding hydrogens is 414 g/mol. The summed E-state index contributed by atoms with van der Waals surface area (Å²) in [5.74, 6) is 0.531. The van der Waals surface area contributed by atoms with Crippen LogP contribution in [0.2, 0.25) is 0 Å². The fourth-order valence-corrected chi connectivity index (χ4v) is 4.92. The Morgan fingerprint density at radius 3 is 2.35 bits per heavy atom. The highest BCUT2D eigenvalue weighted by Crippen LogP contribution is 2.17. The number of carbonyl (C=O) groups is 1. The molecule has 0 aliphatic carbocycles. The number of hydrogen-bond acceptors (Lipinski definition) is 5. The maximum Gasteiger partial charge on any atom is 0.251 e. The Morgan fingerprint density at radius 2 is 1.71 bits per heavy atom. The van der Waals surface area contributed by atoms with Crippen LogP contribution in [0.4, 0.5) is 0 Å².